The van der Waals surface area contributed by atoms with E-state index in [-0.39, 0.29) is 0 Å². The van der Waals surface area contributed by atoms with E-state index in [4.69, 9.17) is 6.42 Å². The summed E-state index contributed by atoms with van der Waals surface area (Å²) in [6.07, 6.45) is 5.28. The van der Waals surface area contributed by atoms with Gasteiger partial charge in [0.1, 0.15) is 5.69 Å². The lowest BCUT2D eigenvalue weighted by molar-refractivity contribution is 1.11. The van der Waals surface area contributed by atoms with Crippen molar-refractivity contribution in [1.29, 1.82) is 0 Å². The maximum absolute atomic E-state index is 5.28. The van der Waals surface area contributed by atoms with Crippen LogP contribution in [0.5, 0.6) is 0 Å². The van der Waals surface area contributed by atoms with E-state index in [2.05, 4.69) is 10.9 Å². The predicted molar refractivity (Wildman–Crippen MR) is 46.4 cm³/mol. The Bertz CT molecular complexity index is 318. The van der Waals surface area contributed by atoms with E-state index in [0.717, 1.165) is 17.0 Å². The Hall–Kier alpha value is -1.29. The second-order valence-corrected chi connectivity index (χ2v) is 2.70. The average Bonchev–Trinajstić information content (AvgIpc) is 1.96. The van der Waals surface area contributed by atoms with Crippen LogP contribution < -0.4 is 0 Å². The van der Waals surface area contributed by atoms with E-state index in [9.17, 15) is 0 Å². The van der Waals surface area contributed by atoms with E-state index in [0.29, 0.717) is 0 Å². The fourth-order valence-corrected chi connectivity index (χ4v) is 1.04. The number of aromatic nitrogens is 1. The van der Waals surface area contributed by atoms with Crippen LogP contribution in [0.2, 0.25) is 0 Å². The summed E-state index contributed by atoms with van der Waals surface area (Å²) >= 11 is 0. The van der Waals surface area contributed by atoms with Crippen LogP contribution in [-0.2, 0) is 0 Å². The molecule has 1 aromatic rings. The molecule has 0 atom stereocenters. The molecule has 0 saturated carbocycles. The van der Waals surface area contributed by atoms with Gasteiger partial charge >= 0.3 is 0 Å². The third-order valence-corrected chi connectivity index (χ3v) is 1.80. The molecule has 0 saturated heterocycles. The molecule has 1 heterocycles. The molecule has 0 aliphatic heterocycles. The third kappa shape index (κ3) is 1.40. The predicted octanol–water partition coefficient (Wildman–Crippen LogP) is 1.99. The molecule has 1 rings (SSSR count). The van der Waals surface area contributed by atoms with Gasteiger partial charge in [0.15, 0.2) is 0 Å². The largest absolute Gasteiger partial charge is 0.244 e. The topological polar surface area (TPSA) is 12.9 Å². The highest BCUT2D eigenvalue weighted by Gasteiger charge is 2.00. The van der Waals surface area contributed by atoms with E-state index in [1.165, 1.54) is 5.56 Å². The molecule has 0 bridgehead atoms. The van der Waals surface area contributed by atoms with Crippen LogP contribution in [0.25, 0.3) is 0 Å². The average molecular weight is 145 g/mol. The van der Waals surface area contributed by atoms with Gasteiger partial charge in [-0.15, -0.1) is 6.42 Å². The highest BCUT2D eigenvalue weighted by molar-refractivity contribution is 5.39. The molecule has 0 radical (unpaired) electrons. The smallest absolute Gasteiger partial charge is 0.116 e. The molecule has 0 amide bonds. The Labute approximate surface area is 67.5 Å². The zero-order valence-electron chi connectivity index (χ0n) is 7.10. The van der Waals surface area contributed by atoms with Crippen LogP contribution in [0.4, 0.5) is 0 Å². The third-order valence-electron chi connectivity index (χ3n) is 1.80. The van der Waals surface area contributed by atoms with Crippen molar-refractivity contribution in [3.63, 3.8) is 0 Å². The van der Waals surface area contributed by atoms with E-state index >= 15 is 0 Å². The van der Waals surface area contributed by atoms with Crippen LogP contribution in [0.15, 0.2) is 6.07 Å². The quantitative estimate of drug-likeness (QED) is 0.509. The maximum Gasteiger partial charge on any atom is 0.116 e. The van der Waals surface area contributed by atoms with Crippen molar-refractivity contribution < 1.29 is 0 Å². The lowest BCUT2D eigenvalue weighted by Gasteiger charge is -2.02. The van der Waals surface area contributed by atoms with Crippen molar-refractivity contribution in [3.05, 3.63) is 28.6 Å². The van der Waals surface area contributed by atoms with Crippen molar-refractivity contribution in [2.75, 3.05) is 0 Å². The van der Waals surface area contributed by atoms with E-state index < -0.39 is 0 Å². The van der Waals surface area contributed by atoms with E-state index in [1.807, 2.05) is 26.8 Å². The number of nitrogens with zero attached hydrogens (tertiary/aromatic N) is 1. The van der Waals surface area contributed by atoms with Crippen LogP contribution in [0, 0.1) is 33.1 Å². The van der Waals surface area contributed by atoms with Gasteiger partial charge < -0.3 is 0 Å². The maximum atomic E-state index is 5.28. The summed E-state index contributed by atoms with van der Waals surface area (Å²) in [5.74, 6) is 2.57. The number of hydrogen-bond donors (Lipinski definition) is 0. The van der Waals surface area contributed by atoms with Gasteiger partial charge in [-0.2, -0.15) is 0 Å². The molecule has 0 fully saturated rings. The van der Waals surface area contributed by atoms with Gasteiger partial charge in [0.2, 0.25) is 0 Å². The second-order valence-electron chi connectivity index (χ2n) is 2.70. The van der Waals surface area contributed by atoms with Crippen molar-refractivity contribution >= 4 is 0 Å². The Morgan fingerprint density at radius 3 is 2.55 bits per heavy atom. The molecule has 0 aromatic carbocycles. The van der Waals surface area contributed by atoms with Gasteiger partial charge in [0.25, 0.3) is 0 Å². The minimum absolute atomic E-state index is 0.766. The zero-order chi connectivity index (χ0) is 8.43. The fourth-order valence-electron chi connectivity index (χ4n) is 1.04. The first-order valence-corrected chi connectivity index (χ1v) is 3.56. The number of rotatable bonds is 0. The Kier molecular flexibility index (Phi) is 1.96. The highest BCUT2D eigenvalue weighted by atomic mass is 14.7. The molecule has 1 heteroatoms. The molecule has 56 valence electrons. The molecular formula is C10H11N. The molecule has 0 unspecified atom stereocenters. The van der Waals surface area contributed by atoms with Crippen molar-refractivity contribution in [2.24, 2.45) is 0 Å². The van der Waals surface area contributed by atoms with Crippen molar-refractivity contribution in [2.45, 2.75) is 20.8 Å². The van der Waals surface area contributed by atoms with Crippen LogP contribution in [-0.4, -0.2) is 4.98 Å². The summed E-state index contributed by atoms with van der Waals surface area (Å²) in [7, 11) is 0. The summed E-state index contributed by atoms with van der Waals surface area (Å²) in [6.45, 7) is 6.00. The van der Waals surface area contributed by atoms with Gasteiger partial charge in [-0.25, -0.2) is 4.98 Å². The molecular weight excluding hydrogens is 134 g/mol. The molecule has 0 aliphatic rings. The molecule has 0 spiro atoms. The van der Waals surface area contributed by atoms with Gasteiger partial charge in [0.05, 0.1) is 0 Å². The molecule has 0 aliphatic carbocycles. The number of aryl methyl sites for hydroxylation is 2. The highest BCUT2D eigenvalue weighted by Crippen LogP contribution is 2.10. The molecule has 1 nitrogen and oxygen atoms in total. The summed E-state index contributed by atoms with van der Waals surface area (Å²) in [5.41, 5.74) is 4.08. The summed E-state index contributed by atoms with van der Waals surface area (Å²) in [5, 5.41) is 0. The van der Waals surface area contributed by atoms with Crippen LogP contribution in [0.3, 0.4) is 0 Å². The van der Waals surface area contributed by atoms with Crippen LogP contribution >= 0.6 is 0 Å². The Morgan fingerprint density at radius 1 is 1.36 bits per heavy atom. The van der Waals surface area contributed by atoms with Gasteiger partial charge in [-0.1, -0.05) is 0 Å². The molecule has 1 aromatic heterocycles. The summed E-state index contributed by atoms with van der Waals surface area (Å²) < 4.78 is 0. The number of terminal acetylenes is 1. The SMILES string of the molecule is C#Cc1nc(C)cc(C)c1C. The number of pyridine rings is 1. The first-order chi connectivity index (χ1) is 5.15. The first-order valence-electron chi connectivity index (χ1n) is 3.56. The Balaban J connectivity index is 3.39. The first kappa shape index (κ1) is 7.81. The normalized spacial score (nSPS) is 9.27. The van der Waals surface area contributed by atoms with Crippen molar-refractivity contribution in [3.8, 4) is 12.3 Å². The molecule has 0 N–H and O–H groups in total. The standard InChI is InChI=1S/C10H11N/c1-5-10-9(4)7(2)6-8(3)11-10/h1,6H,2-4H3. The lowest BCUT2D eigenvalue weighted by atomic mass is 10.1. The van der Waals surface area contributed by atoms with Gasteiger partial charge in [-0.05, 0) is 43.9 Å². The van der Waals surface area contributed by atoms with Crippen molar-refractivity contribution in [1.82, 2.24) is 4.98 Å². The van der Waals surface area contributed by atoms with Gasteiger partial charge in [-0.3, -0.25) is 0 Å². The summed E-state index contributed by atoms with van der Waals surface area (Å²) in [4.78, 5) is 4.22. The summed E-state index contributed by atoms with van der Waals surface area (Å²) in [6, 6.07) is 2.04. The van der Waals surface area contributed by atoms with Gasteiger partial charge in [0, 0.05) is 5.69 Å². The monoisotopic (exact) mass is 145 g/mol. The number of hydrogen-bond acceptors (Lipinski definition) is 1. The lowest BCUT2D eigenvalue weighted by Crippen LogP contribution is -1.93. The minimum Gasteiger partial charge on any atom is -0.244 e. The second kappa shape index (κ2) is 2.75. The zero-order valence-corrected chi connectivity index (χ0v) is 7.10. The molecule has 11 heavy (non-hydrogen) atoms. The Morgan fingerprint density at radius 2 is 2.00 bits per heavy atom. The fraction of sp³-hybridized carbons (Fsp3) is 0.300. The van der Waals surface area contributed by atoms with E-state index in [1.54, 1.807) is 0 Å². The minimum atomic E-state index is 0.766. The van der Waals surface area contributed by atoms with Crippen LogP contribution in [0.1, 0.15) is 22.5 Å².